The van der Waals surface area contributed by atoms with Crippen molar-refractivity contribution >= 4 is 28.8 Å². The predicted molar refractivity (Wildman–Crippen MR) is 71.5 cm³/mol. The fraction of sp³-hybridized carbons (Fsp3) is 0.333. The predicted octanol–water partition coefficient (Wildman–Crippen LogP) is 0.814. The van der Waals surface area contributed by atoms with E-state index in [2.05, 4.69) is 5.32 Å². The maximum atomic E-state index is 13.1. The van der Waals surface area contributed by atoms with Crippen LogP contribution in [0, 0.1) is 5.82 Å². The van der Waals surface area contributed by atoms with Crippen LogP contribution in [0.1, 0.15) is 5.56 Å². The number of hydrogen-bond acceptors (Lipinski definition) is 4. The number of hydrogen-bond donors (Lipinski definition) is 2. The average Bonchev–Trinajstić information content (AvgIpc) is 2.41. The summed E-state index contributed by atoms with van der Waals surface area (Å²) in [4.78, 5) is 11.9. The summed E-state index contributed by atoms with van der Waals surface area (Å²) in [5.74, 6) is -0.846. The van der Waals surface area contributed by atoms with Crippen LogP contribution in [0.5, 0.6) is 0 Å². The third-order valence-corrected chi connectivity index (χ3v) is 2.83. The van der Waals surface area contributed by atoms with Crippen LogP contribution in [0.15, 0.2) is 18.2 Å². The molecular weight excluding hydrogens is 271 g/mol. The molecule has 0 saturated carbocycles. The summed E-state index contributed by atoms with van der Waals surface area (Å²) in [7, 11) is 0. The maximum Gasteiger partial charge on any atom is 0.255 e. The summed E-state index contributed by atoms with van der Waals surface area (Å²) >= 11 is 4.82. The Bertz CT molecular complexity index is 504. The Balaban J connectivity index is 2.13. The number of nitrogens with two attached hydrogens (primary N) is 1. The fourth-order valence-electron chi connectivity index (χ4n) is 1.68. The van der Waals surface area contributed by atoms with Gasteiger partial charge in [0.2, 0.25) is 0 Å². The van der Waals surface area contributed by atoms with Gasteiger partial charge in [0.1, 0.15) is 10.8 Å². The van der Waals surface area contributed by atoms with Gasteiger partial charge in [-0.05, 0) is 18.2 Å². The first-order valence-electron chi connectivity index (χ1n) is 5.67. The zero-order valence-electron chi connectivity index (χ0n) is 10.0. The van der Waals surface area contributed by atoms with Crippen molar-refractivity contribution in [1.82, 2.24) is 0 Å². The molecule has 1 unspecified atom stereocenters. The van der Waals surface area contributed by atoms with E-state index < -0.39 is 11.9 Å². The summed E-state index contributed by atoms with van der Waals surface area (Å²) in [6.45, 7) is 1.03. The topological polar surface area (TPSA) is 73.6 Å². The van der Waals surface area contributed by atoms with Gasteiger partial charge in [-0.15, -0.1) is 0 Å². The molecule has 1 aromatic rings. The largest absolute Gasteiger partial charge is 0.389 e. The van der Waals surface area contributed by atoms with Crippen LogP contribution < -0.4 is 11.1 Å². The van der Waals surface area contributed by atoms with Crippen molar-refractivity contribution in [3.8, 4) is 0 Å². The molecule has 1 saturated heterocycles. The number of thiocarbonyl (C=S) groups is 1. The molecule has 0 spiro atoms. The minimum atomic E-state index is -0.682. The molecule has 1 aliphatic heterocycles. The molecule has 5 nitrogen and oxygen atoms in total. The van der Waals surface area contributed by atoms with Gasteiger partial charge in [0, 0.05) is 5.56 Å². The first-order valence-corrected chi connectivity index (χ1v) is 6.08. The minimum absolute atomic E-state index is 0.00983. The van der Waals surface area contributed by atoms with E-state index in [0.29, 0.717) is 18.9 Å². The Morgan fingerprint density at radius 2 is 2.26 bits per heavy atom. The molecule has 0 bridgehead atoms. The molecule has 0 aliphatic carbocycles. The van der Waals surface area contributed by atoms with Crippen LogP contribution in [0.2, 0.25) is 0 Å². The lowest BCUT2D eigenvalue weighted by Crippen LogP contribution is -2.39. The van der Waals surface area contributed by atoms with E-state index >= 15 is 0 Å². The van der Waals surface area contributed by atoms with Crippen molar-refractivity contribution in [3.05, 3.63) is 29.6 Å². The molecule has 0 radical (unpaired) electrons. The Labute approximate surface area is 114 Å². The normalized spacial score (nSPS) is 18.9. The summed E-state index contributed by atoms with van der Waals surface area (Å²) < 4.78 is 23.5. The molecule has 2 rings (SSSR count). The van der Waals surface area contributed by atoms with Gasteiger partial charge in [0.15, 0.2) is 6.10 Å². The number of carbonyl (C=O) groups is 1. The van der Waals surface area contributed by atoms with Gasteiger partial charge >= 0.3 is 0 Å². The van der Waals surface area contributed by atoms with Gasteiger partial charge in [-0.3, -0.25) is 4.79 Å². The molecule has 7 heteroatoms. The number of carbonyl (C=O) groups excluding carboxylic acids is 1. The average molecular weight is 284 g/mol. The zero-order chi connectivity index (χ0) is 13.8. The van der Waals surface area contributed by atoms with Gasteiger partial charge in [-0.1, -0.05) is 12.2 Å². The molecule has 1 aromatic carbocycles. The van der Waals surface area contributed by atoms with Crippen molar-refractivity contribution < 1.29 is 18.7 Å². The first kappa shape index (κ1) is 13.9. The van der Waals surface area contributed by atoms with E-state index in [-0.39, 0.29) is 23.1 Å². The van der Waals surface area contributed by atoms with Gasteiger partial charge in [-0.25, -0.2) is 4.39 Å². The van der Waals surface area contributed by atoms with Crippen LogP contribution in [0.25, 0.3) is 0 Å². The minimum Gasteiger partial charge on any atom is -0.389 e. The second-order valence-electron chi connectivity index (χ2n) is 3.98. The number of halogens is 1. The summed E-state index contributed by atoms with van der Waals surface area (Å²) in [6.07, 6.45) is -0.682. The number of anilines is 1. The molecular formula is C12H13FN2O3S. The first-order chi connectivity index (χ1) is 9.08. The van der Waals surface area contributed by atoms with Crippen molar-refractivity contribution in [1.29, 1.82) is 0 Å². The van der Waals surface area contributed by atoms with E-state index in [1.807, 2.05) is 0 Å². The number of amides is 1. The van der Waals surface area contributed by atoms with Gasteiger partial charge in [-0.2, -0.15) is 0 Å². The Hall–Kier alpha value is -1.57. The number of benzene rings is 1. The molecule has 19 heavy (non-hydrogen) atoms. The molecule has 1 atom stereocenters. The Kier molecular flexibility index (Phi) is 4.41. The van der Waals surface area contributed by atoms with Crippen molar-refractivity contribution in [2.45, 2.75) is 6.10 Å². The van der Waals surface area contributed by atoms with E-state index in [1.165, 1.54) is 18.2 Å². The highest BCUT2D eigenvalue weighted by molar-refractivity contribution is 7.80. The third-order valence-electron chi connectivity index (χ3n) is 2.61. The fourth-order valence-corrected chi connectivity index (χ4v) is 1.85. The van der Waals surface area contributed by atoms with E-state index in [9.17, 15) is 9.18 Å². The highest BCUT2D eigenvalue weighted by Gasteiger charge is 2.23. The quantitative estimate of drug-likeness (QED) is 0.804. The SMILES string of the molecule is NC(=S)c1cc(F)ccc1NC(=O)C1COCCO1. The second kappa shape index (κ2) is 6.05. The van der Waals surface area contributed by atoms with Crippen LogP contribution in [-0.2, 0) is 14.3 Å². The van der Waals surface area contributed by atoms with Crippen LogP contribution >= 0.6 is 12.2 Å². The molecule has 1 amide bonds. The zero-order valence-corrected chi connectivity index (χ0v) is 10.8. The smallest absolute Gasteiger partial charge is 0.255 e. The van der Waals surface area contributed by atoms with Crippen LogP contribution in [-0.4, -0.2) is 36.8 Å². The van der Waals surface area contributed by atoms with Crippen molar-refractivity contribution in [2.75, 3.05) is 25.1 Å². The molecule has 102 valence electrons. The molecule has 0 aromatic heterocycles. The van der Waals surface area contributed by atoms with Crippen molar-refractivity contribution in [3.63, 3.8) is 0 Å². The van der Waals surface area contributed by atoms with Crippen molar-refractivity contribution in [2.24, 2.45) is 5.73 Å². The summed E-state index contributed by atoms with van der Waals surface area (Å²) in [5, 5.41) is 2.61. The Morgan fingerprint density at radius 3 is 2.89 bits per heavy atom. The maximum absolute atomic E-state index is 13.1. The summed E-state index contributed by atoms with van der Waals surface area (Å²) in [5.41, 5.74) is 6.13. The lowest BCUT2D eigenvalue weighted by Gasteiger charge is -2.22. The Morgan fingerprint density at radius 1 is 1.47 bits per heavy atom. The number of ether oxygens (including phenoxy) is 2. The second-order valence-corrected chi connectivity index (χ2v) is 4.42. The molecule has 1 fully saturated rings. The summed E-state index contributed by atoms with van der Waals surface area (Å²) in [6, 6.07) is 3.80. The van der Waals surface area contributed by atoms with Gasteiger partial charge < -0.3 is 20.5 Å². The monoisotopic (exact) mass is 284 g/mol. The number of rotatable bonds is 3. The molecule has 1 heterocycles. The standard InChI is InChI=1S/C12H13FN2O3S/c13-7-1-2-9(8(5-7)11(14)19)15-12(16)10-6-17-3-4-18-10/h1-2,5,10H,3-4,6H2,(H2,14,19)(H,15,16). The third kappa shape index (κ3) is 3.46. The molecule has 3 N–H and O–H groups in total. The molecule has 1 aliphatic rings. The number of nitrogens with one attached hydrogen (secondary N) is 1. The van der Waals surface area contributed by atoms with E-state index in [0.717, 1.165) is 0 Å². The van der Waals surface area contributed by atoms with Gasteiger partial charge in [0.05, 0.1) is 25.5 Å². The van der Waals surface area contributed by atoms with Gasteiger partial charge in [0.25, 0.3) is 5.91 Å². The lowest BCUT2D eigenvalue weighted by molar-refractivity contribution is -0.142. The van der Waals surface area contributed by atoms with Crippen LogP contribution in [0.4, 0.5) is 10.1 Å². The highest BCUT2D eigenvalue weighted by atomic mass is 32.1. The van der Waals surface area contributed by atoms with E-state index in [4.69, 9.17) is 27.4 Å². The lowest BCUT2D eigenvalue weighted by atomic mass is 10.1. The highest BCUT2D eigenvalue weighted by Crippen LogP contribution is 2.18. The van der Waals surface area contributed by atoms with Crippen LogP contribution in [0.3, 0.4) is 0 Å². The van der Waals surface area contributed by atoms with E-state index in [1.54, 1.807) is 0 Å².